The van der Waals surface area contributed by atoms with E-state index < -0.39 is 7.82 Å². The van der Waals surface area contributed by atoms with Gasteiger partial charge in [0, 0.05) is 0 Å². The lowest BCUT2D eigenvalue weighted by Gasteiger charge is -2.05. The van der Waals surface area contributed by atoms with Gasteiger partial charge in [-0.3, -0.25) is 4.52 Å². The zero-order valence-corrected chi connectivity index (χ0v) is 31.0. The molecular weight excluding hydrogens is 565 g/mol. The van der Waals surface area contributed by atoms with E-state index in [1.807, 2.05) is 0 Å². The van der Waals surface area contributed by atoms with Crippen LogP contribution < -0.4 is 5.32 Å². The predicted molar refractivity (Wildman–Crippen MR) is 196 cm³/mol. The van der Waals surface area contributed by atoms with Crippen LogP contribution in [0.25, 0.3) is 0 Å². The molecule has 0 aromatic rings. The average molecular weight is 646 g/mol. The Kier molecular flexibility index (Phi) is 42.6. The summed E-state index contributed by atoms with van der Waals surface area (Å²) in [6.07, 6.45) is 44.6. The molecule has 0 bridgehead atoms. The number of phosphoric acid groups is 1. The van der Waals surface area contributed by atoms with Crippen LogP contribution in [0, 0.1) is 0 Å². The van der Waals surface area contributed by atoms with E-state index >= 15 is 0 Å². The monoisotopic (exact) mass is 646 g/mol. The third kappa shape index (κ3) is 48.7. The van der Waals surface area contributed by atoms with Crippen LogP contribution in [0.3, 0.4) is 0 Å². The molecule has 0 heterocycles. The fraction of sp³-hybridized carbons (Fsp3) is 0.947. The Bertz CT molecular complexity index is 563. The molecule has 3 N–H and O–H groups in total. The van der Waals surface area contributed by atoms with Crippen LogP contribution in [0.2, 0.25) is 0 Å². The Morgan fingerprint density at radius 3 is 1.09 bits per heavy atom. The molecule has 0 radical (unpaired) electrons. The van der Waals surface area contributed by atoms with Crippen molar-refractivity contribution in [3.8, 4) is 0 Å². The molecule has 0 fully saturated rings. The van der Waals surface area contributed by atoms with Crippen LogP contribution in [-0.4, -0.2) is 29.5 Å². The summed E-state index contributed by atoms with van der Waals surface area (Å²) >= 11 is 0. The van der Waals surface area contributed by atoms with E-state index in [4.69, 9.17) is 9.79 Å². The van der Waals surface area contributed by atoms with Crippen LogP contribution in [0.15, 0.2) is 12.2 Å². The first-order valence-electron chi connectivity index (χ1n) is 19.5. The van der Waals surface area contributed by atoms with Gasteiger partial charge in [-0.15, -0.1) is 0 Å². The molecule has 44 heavy (non-hydrogen) atoms. The lowest BCUT2D eigenvalue weighted by molar-refractivity contribution is 0.193. The Hall–Kier alpha value is -0.190. The minimum atomic E-state index is -4.26. The number of hydrogen-bond acceptors (Lipinski definition) is 3. The Morgan fingerprint density at radius 2 is 0.750 bits per heavy atom. The molecule has 0 spiro atoms. The molecule has 0 aliphatic heterocycles. The highest BCUT2D eigenvalue weighted by Crippen LogP contribution is 2.35. The van der Waals surface area contributed by atoms with Crippen LogP contribution in [-0.2, 0) is 9.09 Å². The summed E-state index contributed by atoms with van der Waals surface area (Å²) in [5.74, 6) is 0. The summed E-state index contributed by atoms with van der Waals surface area (Å²) in [6, 6.07) is 0. The van der Waals surface area contributed by atoms with E-state index in [9.17, 15) is 4.57 Å². The van der Waals surface area contributed by atoms with Crippen LogP contribution in [0.5, 0.6) is 0 Å². The quantitative estimate of drug-likeness (QED) is 0.0363. The first kappa shape index (κ1) is 45.9. The summed E-state index contributed by atoms with van der Waals surface area (Å²) in [6.45, 7) is 9.47. The summed E-state index contributed by atoms with van der Waals surface area (Å²) in [5.41, 5.74) is 0. The molecule has 266 valence electrons. The summed E-state index contributed by atoms with van der Waals surface area (Å²) in [7, 11) is -4.26. The highest BCUT2D eigenvalue weighted by Gasteiger charge is 2.12. The zero-order chi connectivity index (χ0) is 32.7. The number of phosphoric ester groups is 1. The normalized spacial score (nSPS) is 11.8. The van der Waals surface area contributed by atoms with E-state index in [0.29, 0.717) is 0 Å². The van der Waals surface area contributed by atoms with Crippen molar-refractivity contribution in [1.29, 1.82) is 0 Å². The molecule has 0 saturated carbocycles. The van der Waals surface area contributed by atoms with Crippen LogP contribution in [0.4, 0.5) is 0 Å². The predicted octanol–water partition coefficient (Wildman–Crippen LogP) is 13.0. The van der Waals surface area contributed by atoms with Gasteiger partial charge in [0.25, 0.3) is 0 Å². The van der Waals surface area contributed by atoms with Gasteiger partial charge in [-0.2, -0.15) is 0 Å². The van der Waals surface area contributed by atoms with Crippen molar-refractivity contribution in [2.24, 2.45) is 0 Å². The third-order valence-corrected chi connectivity index (χ3v) is 8.85. The second kappa shape index (κ2) is 40.8. The third-order valence-electron chi connectivity index (χ3n) is 8.33. The van der Waals surface area contributed by atoms with Crippen molar-refractivity contribution in [2.45, 2.75) is 213 Å². The number of nitrogens with one attached hydrogen (secondary N) is 1. The van der Waals surface area contributed by atoms with E-state index in [1.165, 1.54) is 186 Å². The maximum Gasteiger partial charge on any atom is 0.469 e. The zero-order valence-electron chi connectivity index (χ0n) is 30.1. The number of allylic oxidation sites excluding steroid dienone is 2. The van der Waals surface area contributed by atoms with Crippen molar-refractivity contribution in [2.75, 3.05) is 19.7 Å². The van der Waals surface area contributed by atoms with Crippen molar-refractivity contribution >= 4 is 7.82 Å². The van der Waals surface area contributed by atoms with Crippen molar-refractivity contribution in [1.82, 2.24) is 5.32 Å². The van der Waals surface area contributed by atoms with Gasteiger partial charge in [0.2, 0.25) is 0 Å². The molecule has 0 saturated heterocycles. The first-order valence-corrected chi connectivity index (χ1v) is 21.1. The molecule has 0 atom stereocenters. The van der Waals surface area contributed by atoms with Crippen molar-refractivity contribution in [3.05, 3.63) is 12.2 Å². The molecule has 6 heteroatoms. The number of rotatable bonds is 35. The first-order chi connectivity index (χ1) is 21.5. The Morgan fingerprint density at radius 1 is 0.455 bits per heavy atom. The van der Waals surface area contributed by atoms with Crippen LogP contribution >= 0.6 is 7.82 Å². The molecule has 0 aromatic heterocycles. The van der Waals surface area contributed by atoms with Crippen molar-refractivity contribution in [3.63, 3.8) is 0 Å². The van der Waals surface area contributed by atoms with Gasteiger partial charge in [0.05, 0.1) is 6.61 Å². The molecule has 0 rings (SSSR count). The average Bonchev–Trinajstić information content (AvgIpc) is 3.00. The van der Waals surface area contributed by atoms with Gasteiger partial charge in [0.15, 0.2) is 0 Å². The van der Waals surface area contributed by atoms with Crippen molar-refractivity contribution < 1.29 is 18.9 Å². The van der Waals surface area contributed by atoms with Gasteiger partial charge in [-0.05, 0) is 58.0 Å². The summed E-state index contributed by atoms with van der Waals surface area (Å²) in [5, 5.41) is 3.61. The topological polar surface area (TPSA) is 78.8 Å². The van der Waals surface area contributed by atoms with Gasteiger partial charge in [0.1, 0.15) is 0 Å². The standard InChI is InChI=1S/C20H43N.C18H37O4P/c1-3-5-7-9-11-13-15-17-19-21-20-18-16-14-12-10-8-6-4-2;1-2-3-4-5-6-7-8-9-10-11-12-13-14-15-16-17-18-22-23(19,20)21/h21H,3-20H2,1-2H3;9-10H,2-8,11-18H2,1H3,(H2,19,20,21). The van der Waals surface area contributed by atoms with Gasteiger partial charge < -0.3 is 15.1 Å². The lowest BCUT2D eigenvalue weighted by atomic mass is 10.1. The SMILES string of the molecule is CCCCCCCCC=CCCCCCCCCOP(=O)(O)O.CCCCCCCCCCNCCCCCCCCCC. The van der Waals surface area contributed by atoms with E-state index in [2.05, 4.69) is 42.8 Å². The molecule has 5 nitrogen and oxygen atoms in total. The fourth-order valence-electron chi connectivity index (χ4n) is 5.43. The number of unbranched alkanes of at least 4 members (excludes halogenated alkanes) is 26. The number of hydrogen-bond donors (Lipinski definition) is 3. The second-order valence-corrected chi connectivity index (χ2v) is 14.2. The van der Waals surface area contributed by atoms with Gasteiger partial charge >= 0.3 is 7.82 Å². The van der Waals surface area contributed by atoms with E-state index in [-0.39, 0.29) is 6.61 Å². The highest BCUT2D eigenvalue weighted by atomic mass is 31.2. The fourth-order valence-corrected chi connectivity index (χ4v) is 5.79. The molecule has 0 aliphatic rings. The second-order valence-electron chi connectivity index (χ2n) is 13.0. The van der Waals surface area contributed by atoms with Gasteiger partial charge in [-0.1, -0.05) is 181 Å². The smallest absolute Gasteiger partial charge is 0.317 e. The van der Waals surface area contributed by atoms with Crippen LogP contribution in [0.1, 0.15) is 213 Å². The van der Waals surface area contributed by atoms with Gasteiger partial charge in [-0.25, -0.2) is 4.57 Å². The maximum absolute atomic E-state index is 10.5. The Balaban J connectivity index is 0. The molecule has 0 amide bonds. The minimum absolute atomic E-state index is 0.158. The molecule has 0 unspecified atom stereocenters. The summed E-state index contributed by atoms with van der Waals surface area (Å²) in [4.78, 5) is 17.1. The lowest BCUT2D eigenvalue weighted by Crippen LogP contribution is -2.16. The maximum atomic E-state index is 10.5. The highest BCUT2D eigenvalue weighted by molar-refractivity contribution is 7.46. The molecule has 0 aliphatic carbocycles. The van der Waals surface area contributed by atoms with E-state index in [0.717, 1.165) is 19.3 Å². The summed E-state index contributed by atoms with van der Waals surface area (Å²) < 4.78 is 14.9. The molecular formula is C38H80NO4P. The minimum Gasteiger partial charge on any atom is -0.317 e. The largest absolute Gasteiger partial charge is 0.469 e. The Labute approximate surface area is 276 Å². The molecule has 0 aromatic carbocycles. The van der Waals surface area contributed by atoms with E-state index in [1.54, 1.807) is 0 Å².